The minimum atomic E-state index is -0.0199. The SMILES string of the molecule is Cc1ccc(NC(=O)CSc2cc(N3CCCC[C@@H]3C)ncn2)c(C)c1. The topological polar surface area (TPSA) is 58.1 Å². The number of nitrogens with zero attached hydrogens (tertiary/aromatic N) is 3. The zero-order valence-electron chi connectivity index (χ0n) is 15.7. The molecule has 2 heterocycles. The van der Waals surface area contributed by atoms with Gasteiger partial charge in [0.2, 0.25) is 5.91 Å². The summed E-state index contributed by atoms with van der Waals surface area (Å²) in [4.78, 5) is 23.4. The second-order valence-electron chi connectivity index (χ2n) is 6.91. The van der Waals surface area contributed by atoms with Gasteiger partial charge in [-0.05, 0) is 51.7 Å². The number of benzene rings is 1. The first-order chi connectivity index (χ1) is 12.5. The van der Waals surface area contributed by atoms with Crippen molar-refractivity contribution in [3.8, 4) is 0 Å². The van der Waals surface area contributed by atoms with Crippen LogP contribution in [0.2, 0.25) is 0 Å². The molecule has 138 valence electrons. The van der Waals surface area contributed by atoms with Crippen LogP contribution in [-0.4, -0.2) is 34.2 Å². The van der Waals surface area contributed by atoms with Crippen LogP contribution in [0.1, 0.15) is 37.3 Å². The lowest BCUT2D eigenvalue weighted by Crippen LogP contribution is -2.38. The van der Waals surface area contributed by atoms with E-state index in [-0.39, 0.29) is 5.91 Å². The Morgan fingerprint density at radius 2 is 2.12 bits per heavy atom. The van der Waals surface area contributed by atoms with Gasteiger partial charge in [0.1, 0.15) is 17.2 Å². The number of hydrogen-bond donors (Lipinski definition) is 1. The Balaban J connectivity index is 1.59. The van der Waals surface area contributed by atoms with Crippen molar-refractivity contribution < 1.29 is 4.79 Å². The Hall–Kier alpha value is -2.08. The van der Waals surface area contributed by atoms with Crippen LogP contribution in [0.25, 0.3) is 0 Å². The van der Waals surface area contributed by atoms with E-state index in [1.807, 2.05) is 32.0 Å². The lowest BCUT2D eigenvalue weighted by molar-refractivity contribution is -0.113. The second-order valence-corrected chi connectivity index (χ2v) is 7.90. The van der Waals surface area contributed by atoms with Gasteiger partial charge in [0.05, 0.1) is 5.75 Å². The third-order valence-electron chi connectivity index (χ3n) is 4.73. The lowest BCUT2D eigenvalue weighted by atomic mass is 10.0. The molecule has 0 spiro atoms. The first-order valence-corrected chi connectivity index (χ1v) is 10.1. The maximum absolute atomic E-state index is 12.3. The van der Waals surface area contributed by atoms with Crippen molar-refractivity contribution in [2.45, 2.75) is 51.1 Å². The van der Waals surface area contributed by atoms with E-state index in [1.165, 1.54) is 36.6 Å². The molecule has 26 heavy (non-hydrogen) atoms. The molecule has 1 fully saturated rings. The molecule has 6 heteroatoms. The molecule has 0 aliphatic carbocycles. The van der Waals surface area contributed by atoms with Crippen LogP contribution in [0.4, 0.5) is 11.5 Å². The molecule has 1 aliphatic rings. The lowest BCUT2D eigenvalue weighted by Gasteiger charge is -2.34. The van der Waals surface area contributed by atoms with E-state index in [0.29, 0.717) is 11.8 Å². The summed E-state index contributed by atoms with van der Waals surface area (Å²) in [5.41, 5.74) is 3.13. The summed E-state index contributed by atoms with van der Waals surface area (Å²) in [7, 11) is 0. The molecule has 0 saturated carbocycles. The maximum atomic E-state index is 12.3. The molecule has 0 bridgehead atoms. The van der Waals surface area contributed by atoms with Crippen LogP contribution in [0.3, 0.4) is 0 Å². The molecule has 1 saturated heterocycles. The number of anilines is 2. The van der Waals surface area contributed by atoms with Crippen molar-refractivity contribution in [2.75, 3.05) is 22.5 Å². The molecule has 0 radical (unpaired) electrons. The van der Waals surface area contributed by atoms with Crippen LogP contribution in [0.15, 0.2) is 35.6 Å². The summed E-state index contributed by atoms with van der Waals surface area (Å²) in [5, 5.41) is 3.82. The van der Waals surface area contributed by atoms with Gasteiger partial charge >= 0.3 is 0 Å². The number of hydrogen-bond acceptors (Lipinski definition) is 5. The van der Waals surface area contributed by atoms with Gasteiger partial charge < -0.3 is 10.2 Å². The number of thioether (sulfide) groups is 1. The van der Waals surface area contributed by atoms with Crippen LogP contribution < -0.4 is 10.2 Å². The van der Waals surface area contributed by atoms with Gasteiger partial charge in [-0.3, -0.25) is 4.79 Å². The van der Waals surface area contributed by atoms with E-state index in [0.717, 1.165) is 28.6 Å². The van der Waals surface area contributed by atoms with Gasteiger partial charge in [0.25, 0.3) is 0 Å². The van der Waals surface area contributed by atoms with Crippen molar-refractivity contribution in [1.29, 1.82) is 0 Å². The number of carbonyl (C=O) groups is 1. The minimum Gasteiger partial charge on any atom is -0.354 e. The standard InChI is InChI=1S/C20H26N4OS/c1-14-7-8-17(15(2)10-14)23-19(25)12-26-20-11-18(21-13-22-20)24-9-5-4-6-16(24)3/h7-8,10-11,13,16H,4-6,9,12H2,1-3H3,(H,23,25)/t16-/m0/s1. The highest BCUT2D eigenvalue weighted by Gasteiger charge is 2.20. The Labute approximate surface area is 159 Å². The van der Waals surface area contributed by atoms with E-state index in [2.05, 4.69) is 33.2 Å². The van der Waals surface area contributed by atoms with Crippen molar-refractivity contribution in [2.24, 2.45) is 0 Å². The molecule has 1 aliphatic heterocycles. The summed E-state index contributed by atoms with van der Waals surface area (Å²) in [6.45, 7) is 7.33. The van der Waals surface area contributed by atoms with Crippen LogP contribution >= 0.6 is 11.8 Å². The fraction of sp³-hybridized carbons (Fsp3) is 0.450. The summed E-state index contributed by atoms with van der Waals surface area (Å²) >= 11 is 1.45. The number of nitrogens with one attached hydrogen (secondary N) is 1. The zero-order valence-corrected chi connectivity index (χ0v) is 16.5. The number of aryl methyl sites for hydroxylation is 2. The summed E-state index contributed by atoms with van der Waals surface area (Å²) in [6.07, 6.45) is 5.28. The van der Waals surface area contributed by atoms with Crippen molar-refractivity contribution in [1.82, 2.24) is 9.97 Å². The highest BCUT2D eigenvalue weighted by atomic mass is 32.2. The molecule has 1 atom stereocenters. The smallest absolute Gasteiger partial charge is 0.234 e. The molecule has 1 N–H and O–H groups in total. The van der Waals surface area contributed by atoms with Gasteiger partial charge in [0.15, 0.2) is 0 Å². The highest BCUT2D eigenvalue weighted by molar-refractivity contribution is 7.99. The fourth-order valence-electron chi connectivity index (χ4n) is 3.28. The number of piperidine rings is 1. The largest absolute Gasteiger partial charge is 0.354 e. The molecule has 1 aromatic heterocycles. The average molecular weight is 371 g/mol. The first kappa shape index (κ1) is 18.7. The predicted octanol–water partition coefficient (Wildman–Crippen LogP) is 4.20. The predicted molar refractivity (Wildman–Crippen MR) is 108 cm³/mol. The third kappa shape index (κ3) is 4.75. The van der Waals surface area contributed by atoms with Crippen LogP contribution in [-0.2, 0) is 4.79 Å². The number of rotatable bonds is 5. The van der Waals surface area contributed by atoms with Gasteiger partial charge in [-0.25, -0.2) is 9.97 Å². The minimum absolute atomic E-state index is 0.0199. The summed E-state index contributed by atoms with van der Waals surface area (Å²) < 4.78 is 0. The normalized spacial score (nSPS) is 17.2. The van der Waals surface area contributed by atoms with Gasteiger partial charge in [-0.1, -0.05) is 29.5 Å². The molecular formula is C20H26N4OS. The highest BCUT2D eigenvalue weighted by Crippen LogP contribution is 2.26. The summed E-state index contributed by atoms with van der Waals surface area (Å²) in [6, 6.07) is 8.53. The average Bonchev–Trinajstić information content (AvgIpc) is 2.63. The van der Waals surface area contributed by atoms with E-state index in [9.17, 15) is 4.79 Å². The molecule has 2 aromatic rings. The monoisotopic (exact) mass is 370 g/mol. The molecule has 1 amide bonds. The summed E-state index contributed by atoms with van der Waals surface area (Å²) in [5.74, 6) is 1.28. The number of amides is 1. The molecule has 1 aromatic carbocycles. The van der Waals surface area contributed by atoms with Gasteiger partial charge in [-0.2, -0.15) is 0 Å². The Morgan fingerprint density at radius 3 is 2.88 bits per heavy atom. The molecule has 0 unspecified atom stereocenters. The third-order valence-corrected chi connectivity index (χ3v) is 5.66. The van der Waals surface area contributed by atoms with Crippen molar-refractivity contribution >= 4 is 29.2 Å². The zero-order chi connectivity index (χ0) is 18.5. The molecular weight excluding hydrogens is 344 g/mol. The Bertz CT molecular complexity index is 780. The van der Waals surface area contributed by atoms with E-state index in [4.69, 9.17) is 0 Å². The van der Waals surface area contributed by atoms with Gasteiger partial charge in [0, 0.05) is 24.3 Å². The van der Waals surface area contributed by atoms with E-state index >= 15 is 0 Å². The Morgan fingerprint density at radius 1 is 1.27 bits per heavy atom. The van der Waals surface area contributed by atoms with Crippen LogP contribution in [0.5, 0.6) is 0 Å². The van der Waals surface area contributed by atoms with Crippen molar-refractivity contribution in [3.63, 3.8) is 0 Å². The van der Waals surface area contributed by atoms with Crippen LogP contribution in [0, 0.1) is 13.8 Å². The molecule has 5 nitrogen and oxygen atoms in total. The van der Waals surface area contributed by atoms with E-state index < -0.39 is 0 Å². The van der Waals surface area contributed by atoms with Gasteiger partial charge in [-0.15, -0.1) is 0 Å². The number of aromatic nitrogens is 2. The quantitative estimate of drug-likeness (QED) is 0.631. The number of carbonyl (C=O) groups excluding carboxylic acids is 1. The Kier molecular flexibility index (Phi) is 6.14. The first-order valence-electron chi connectivity index (χ1n) is 9.11. The fourth-order valence-corrected chi connectivity index (χ4v) is 3.95. The molecule has 3 rings (SSSR count). The second kappa shape index (κ2) is 8.54. The van der Waals surface area contributed by atoms with E-state index in [1.54, 1.807) is 6.33 Å². The maximum Gasteiger partial charge on any atom is 0.234 e. The van der Waals surface area contributed by atoms with Crippen molar-refractivity contribution in [3.05, 3.63) is 41.7 Å².